The topological polar surface area (TPSA) is 56.3 Å². The quantitative estimate of drug-likeness (QED) is 0.879. The van der Waals surface area contributed by atoms with Crippen LogP contribution in [-0.2, 0) is 0 Å². The Balaban J connectivity index is 2.18. The van der Waals surface area contributed by atoms with Gasteiger partial charge in [0.2, 0.25) is 11.8 Å². The van der Waals surface area contributed by atoms with Gasteiger partial charge < -0.3 is 14.8 Å². The number of halogens is 1. The summed E-state index contributed by atoms with van der Waals surface area (Å²) in [4.78, 5) is 8.34. The molecule has 0 atom stereocenters. The molecule has 0 aliphatic carbocycles. The van der Waals surface area contributed by atoms with E-state index in [0.717, 1.165) is 13.0 Å². The maximum Gasteiger partial charge on any atom is 0.243 e. The third-order valence-electron chi connectivity index (χ3n) is 2.50. The van der Waals surface area contributed by atoms with Gasteiger partial charge in [-0.3, -0.25) is 0 Å². The Hall–Kier alpha value is -2.01. The molecule has 0 radical (unpaired) electrons. The predicted molar refractivity (Wildman–Crippen MR) is 78.9 cm³/mol. The number of hydrogen-bond acceptors (Lipinski definition) is 5. The molecule has 1 aromatic carbocycles. The molecular weight excluding hydrogens is 278 g/mol. The molecule has 106 valence electrons. The maximum atomic E-state index is 6.04. The number of ether oxygens (including phenoxy) is 2. The molecule has 5 nitrogen and oxygen atoms in total. The van der Waals surface area contributed by atoms with Gasteiger partial charge in [0.1, 0.15) is 16.5 Å². The fraction of sp³-hybridized carbons (Fsp3) is 0.286. The zero-order chi connectivity index (χ0) is 14.4. The zero-order valence-corrected chi connectivity index (χ0v) is 12.1. The molecule has 0 fully saturated rings. The molecule has 0 bridgehead atoms. The Bertz CT molecular complexity index is 578. The monoisotopic (exact) mass is 293 g/mol. The lowest BCUT2D eigenvalue weighted by Gasteiger charge is -2.09. The molecular formula is C14H16ClN3O2. The number of nitrogens with zero attached hydrogens (tertiary/aromatic N) is 2. The maximum absolute atomic E-state index is 6.04. The molecule has 1 N–H and O–H groups in total. The third kappa shape index (κ3) is 3.74. The first-order chi connectivity index (χ1) is 9.72. The lowest BCUT2D eigenvalue weighted by atomic mass is 10.3. The van der Waals surface area contributed by atoms with Crippen molar-refractivity contribution in [3.8, 4) is 17.4 Å². The molecule has 0 aliphatic rings. The van der Waals surface area contributed by atoms with Gasteiger partial charge in [-0.05, 0) is 18.6 Å². The predicted octanol–water partition coefficient (Wildman–Crippen LogP) is 3.75. The summed E-state index contributed by atoms with van der Waals surface area (Å²) < 4.78 is 10.8. The molecule has 20 heavy (non-hydrogen) atoms. The molecule has 0 saturated carbocycles. The van der Waals surface area contributed by atoms with Gasteiger partial charge in [0, 0.05) is 12.6 Å². The molecule has 0 aliphatic heterocycles. The van der Waals surface area contributed by atoms with Crippen LogP contribution in [0.25, 0.3) is 0 Å². The van der Waals surface area contributed by atoms with Crippen LogP contribution in [0.1, 0.15) is 13.3 Å². The van der Waals surface area contributed by atoms with Gasteiger partial charge in [0.25, 0.3) is 0 Å². The van der Waals surface area contributed by atoms with Crippen molar-refractivity contribution >= 4 is 17.5 Å². The number of benzene rings is 1. The summed E-state index contributed by atoms with van der Waals surface area (Å²) in [7, 11) is 1.60. The van der Waals surface area contributed by atoms with Crippen LogP contribution >= 0.6 is 11.6 Å². The average Bonchev–Trinajstić information content (AvgIpc) is 2.48. The minimum absolute atomic E-state index is 0.313. The van der Waals surface area contributed by atoms with Crippen LogP contribution in [0.15, 0.2) is 30.5 Å². The summed E-state index contributed by atoms with van der Waals surface area (Å²) in [5.74, 6) is 2.12. The summed E-state index contributed by atoms with van der Waals surface area (Å²) in [5, 5.41) is 3.44. The van der Waals surface area contributed by atoms with Crippen LogP contribution < -0.4 is 14.8 Å². The van der Waals surface area contributed by atoms with Gasteiger partial charge >= 0.3 is 0 Å². The highest BCUT2D eigenvalue weighted by molar-refractivity contribution is 6.31. The van der Waals surface area contributed by atoms with Crippen molar-refractivity contribution in [2.75, 3.05) is 19.0 Å². The Labute approximate surface area is 122 Å². The Morgan fingerprint density at radius 2 is 2.10 bits per heavy atom. The Morgan fingerprint density at radius 3 is 2.85 bits per heavy atom. The van der Waals surface area contributed by atoms with Gasteiger partial charge in [0.05, 0.1) is 13.3 Å². The van der Waals surface area contributed by atoms with Crippen molar-refractivity contribution < 1.29 is 9.47 Å². The van der Waals surface area contributed by atoms with Crippen LogP contribution in [0.3, 0.4) is 0 Å². The molecule has 0 saturated heterocycles. The van der Waals surface area contributed by atoms with E-state index in [2.05, 4.69) is 22.2 Å². The van der Waals surface area contributed by atoms with Crippen molar-refractivity contribution in [3.63, 3.8) is 0 Å². The number of hydrogen-bond donors (Lipinski definition) is 1. The van der Waals surface area contributed by atoms with Crippen LogP contribution in [0.5, 0.6) is 17.4 Å². The largest absolute Gasteiger partial charge is 0.497 e. The summed E-state index contributed by atoms with van der Waals surface area (Å²) in [5.41, 5.74) is 0. The minimum Gasteiger partial charge on any atom is -0.497 e. The minimum atomic E-state index is 0.313. The van der Waals surface area contributed by atoms with E-state index in [1.165, 1.54) is 6.20 Å². The summed E-state index contributed by atoms with van der Waals surface area (Å²) in [6, 6.07) is 7.24. The van der Waals surface area contributed by atoms with Crippen LogP contribution in [0.4, 0.5) is 5.95 Å². The van der Waals surface area contributed by atoms with Gasteiger partial charge in [-0.25, -0.2) is 4.98 Å². The standard InChI is InChI=1S/C14H16ClN3O2/c1-3-7-16-14-17-9-12(15)13(18-14)20-11-6-4-5-10(8-11)19-2/h4-6,8-9H,3,7H2,1-2H3,(H,16,17,18). The number of nitrogens with one attached hydrogen (secondary N) is 1. The van der Waals surface area contributed by atoms with E-state index in [4.69, 9.17) is 21.1 Å². The number of anilines is 1. The van der Waals surface area contributed by atoms with Gasteiger partial charge in [-0.15, -0.1) is 0 Å². The molecule has 0 unspecified atom stereocenters. The highest BCUT2D eigenvalue weighted by Crippen LogP contribution is 2.29. The second kappa shape index (κ2) is 6.96. The van der Waals surface area contributed by atoms with Gasteiger partial charge in [-0.1, -0.05) is 24.6 Å². The second-order valence-electron chi connectivity index (χ2n) is 4.05. The lowest BCUT2D eigenvalue weighted by molar-refractivity contribution is 0.407. The number of aromatic nitrogens is 2. The Morgan fingerprint density at radius 1 is 1.30 bits per heavy atom. The van der Waals surface area contributed by atoms with E-state index in [9.17, 15) is 0 Å². The second-order valence-corrected chi connectivity index (χ2v) is 4.46. The van der Waals surface area contributed by atoms with Crippen LogP contribution in [0, 0.1) is 0 Å². The smallest absolute Gasteiger partial charge is 0.243 e. The fourth-order valence-electron chi connectivity index (χ4n) is 1.52. The summed E-state index contributed by atoms with van der Waals surface area (Å²) in [6.07, 6.45) is 2.50. The van der Waals surface area contributed by atoms with E-state index in [-0.39, 0.29) is 0 Å². The fourth-order valence-corrected chi connectivity index (χ4v) is 1.65. The van der Waals surface area contributed by atoms with Crippen molar-refractivity contribution in [1.29, 1.82) is 0 Å². The summed E-state index contributed by atoms with van der Waals surface area (Å²) >= 11 is 6.04. The first-order valence-electron chi connectivity index (χ1n) is 6.31. The van der Waals surface area contributed by atoms with Crippen LogP contribution in [0.2, 0.25) is 5.02 Å². The molecule has 2 rings (SSSR count). The van der Waals surface area contributed by atoms with E-state index in [1.807, 2.05) is 12.1 Å². The van der Waals surface area contributed by atoms with E-state index in [0.29, 0.717) is 28.3 Å². The number of rotatable bonds is 6. The van der Waals surface area contributed by atoms with Crippen molar-refractivity contribution in [2.24, 2.45) is 0 Å². The highest BCUT2D eigenvalue weighted by Gasteiger charge is 2.08. The average molecular weight is 294 g/mol. The molecule has 1 aromatic heterocycles. The normalized spacial score (nSPS) is 10.2. The molecule has 0 spiro atoms. The Kier molecular flexibility index (Phi) is 5.01. The molecule has 0 amide bonds. The van der Waals surface area contributed by atoms with E-state index < -0.39 is 0 Å². The number of methoxy groups -OCH3 is 1. The molecule has 2 aromatic rings. The third-order valence-corrected chi connectivity index (χ3v) is 2.76. The van der Waals surface area contributed by atoms with Gasteiger partial charge in [-0.2, -0.15) is 4.98 Å². The van der Waals surface area contributed by atoms with E-state index >= 15 is 0 Å². The molecule has 6 heteroatoms. The molecule has 1 heterocycles. The first-order valence-corrected chi connectivity index (χ1v) is 6.69. The summed E-state index contributed by atoms with van der Waals surface area (Å²) in [6.45, 7) is 2.86. The SMILES string of the molecule is CCCNc1ncc(Cl)c(Oc2cccc(OC)c2)n1. The van der Waals surface area contributed by atoms with Crippen LogP contribution in [-0.4, -0.2) is 23.6 Å². The van der Waals surface area contributed by atoms with Crippen molar-refractivity contribution in [1.82, 2.24) is 9.97 Å². The van der Waals surface area contributed by atoms with Crippen molar-refractivity contribution in [3.05, 3.63) is 35.5 Å². The van der Waals surface area contributed by atoms with E-state index in [1.54, 1.807) is 19.2 Å². The van der Waals surface area contributed by atoms with Gasteiger partial charge in [0.15, 0.2) is 0 Å². The first kappa shape index (κ1) is 14.4. The lowest BCUT2D eigenvalue weighted by Crippen LogP contribution is -2.04. The zero-order valence-electron chi connectivity index (χ0n) is 11.4. The highest BCUT2D eigenvalue weighted by atomic mass is 35.5. The van der Waals surface area contributed by atoms with Crippen molar-refractivity contribution in [2.45, 2.75) is 13.3 Å².